The Morgan fingerprint density at radius 3 is 2.28 bits per heavy atom. The first-order valence-electron chi connectivity index (χ1n) is 5.95. The van der Waals surface area contributed by atoms with E-state index >= 15 is 0 Å². The van der Waals surface area contributed by atoms with Gasteiger partial charge in [0.25, 0.3) is 0 Å². The molecule has 0 amide bonds. The predicted molar refractivity (Wildman–Crippen MR) is 69.3 cm³/mol. The number of hydrogen-bond donors (Lipinski definition) is 1. The van der Waals surface area contributed by atoms with Gasteiger partial charge in [0.15, 0.2) is 11.6 Å². The van der Waals surface area contributed by atoms with E-state index in [0.29, 0.717) is 12.1 Å². The van der Waals surface area contributed by atoms with Gasteiger partial charge in [-0.15, -0.1) is 0 Å². The van der Waals surface area contributed by atoms with Crippen LogP contribution < -0.4 is 5.73 Å². The van der Waals surface area contributed by atoms with E-state index in [1.54, 1.807) is 6.07 Å². The number of benzene rings is 1. The van der Waals surface area contributed by atoms with Crippen LogP contribution >= 0.6 is 0 Å². The average molecular weight is 257 g/mol. The van der Waals surface area contributed by atoms with Crippen molar-refractivity contribution in [2.24, 2.45) is 5.73 Å². The van der Waals surface area contributed by atoms with Crippen LogP contribution in [0.2, 0.25) is 0 Å². The molecule has 0 aliphatic carbocycles. The SMILES string of the molecule is CN(C)CCN(C)C(CN)c1ccc(F)c(F)c1. The van der Waals surface area contributed by atoms with E-state index in [4.69, 9.17) is 5.73 Å². The molecule has 2 N–H and O–H groups in total. The van der Waals surface area contributed by atoms with Crippen molar-refractivity contribution in [2.75, 3.05) is 40.8 Å². The van der Waals surface area contributed by atoms with Gasteiger partial charge in [0.2, 0.25) is 0 Å². The average Bonchev–Trinajstić information content (AvgIpc) is 2.32. The standard InChI is InChI=1S/C13H21F2N3/c1-17(2)6-7-18(3)13(9-16)10-4-5-11(14)12(15)8-10/h4-5,8,13H,6-7,9,16H2,1-3H3. The van der Waals surface area contributed by atoms with E-state index in [-0.39, 0.29) is 6.04 Å². The summed E-state index contributed by atoms with van der Waals surface area (Å²) in [6.07, 6.45) is 0. The second-order valence-electron chi connectivity index (χ2n) is 4.71. The van der Waals surface area contributed by atoms with Crippen LogP contribution in [0.1, 0.15) is 11.6 Å². The van der Waals surface area contributed by atoms with Gasteiger partial charge in [0.1, 0.15) is 0 Å². The fraction of sp³-hybridized carbons (Fsp3) is 0.538. The number of nitrogens with two attached hydrogens (primary N) is 1. The fourth-order valence-corrected chi connectivity index (χ4v) is 1.80. The maximum absolute atomic E-state index is 13.2. The summed E-state index contributed by atoms with van der Waals surface area (Å²) >= 11 is 0. The molecular weight excluding hydrogens is 236 g/mol. The van der Waals surface area contributed by atoms with Crippen LogP contribution in [-0.4, -0.2) is 50.6 Å². The van der Waals surface area contributed by atoms with Gasteiger partial charge in [-0.2, -0.15) is 0 Å². The summed E-state index contributed by atoms with van der Waals surface area (Å²) in [7, 11) is 5.91. The quantitative estimate of drug-likeness (QED) is 0.837. The molecule has 0 saturated heterocycles. The first-order chi connectivity index (χ1) is 8.45. The summed E-state index contributed by atoms with van der Waals surface area (Å²) in [6, 6.07) is 3.86. The van der Waals surface area contributed by atoms with Gasteiger partial charge in [-0.3, -0.25) is 4.90 Å². The molecule has 1 rings (SSSR count). The highest BCUT2D eigenvalue weighted by atomic mass is 19.2. The van der Waals surface area contributed by atoms with Crippen molar-refractivity contribution in [2.45, 2.75) is 6.04 Å². The van der Waals surface area contributed by atoms with Gasteiger partial charge < -0.3 is 10.6 Å². The molecule has 1 aromatic carbocycles. The highest BCUT2D eigenvalue weighted by molar-refractivity contribution is 5.21. The van der Waals surface area contributed by atoms with E-state index in [0.717, 1.165) is 19.2 Å². The number of halogens is 2. The van der Waals surface area contributed by atoms with Gasteiger partial charge in [-0.05, 0) is 38.8 Å². The molecule has 0 fully saturated rings. The van der Waals surface area contributed by atoms with Gasteiger partial charge in [0, 0.05) is 25.7 Å². The first kappa shape index (κ1) is 15.0. The number of rotatable bonds is 6. The third-order valence-corrected chi connectivity index (χ3v) is 2.98. The molecule has 18 heavy (non-hydrogen) atoms. The fourth-order valence-electron chi connectivity index (χ4n) is 1.80. The molecule has 0 radical (unpaired) electrons. The molecule has 0 heterocycles. The first-order valence-corrected chi connectivity index (χ1v) is 5.95. The Hall–Kier alpha value is -1.04. The zero-order valence-electron chi connectivity index (χ0n) is 11.2. The second kappa shape index (κ2) is 6.78. The molecular formula is C13H21F2N3. The topological polar surface area (TPSA) is 32.5 Å². The number of nitrogens with zero attached hydrogens (tertiary/aromatic N) is 2. The zero-order chi connectivity index (χ0) is 13.7. The highest BCUT2D eigenvalue weighted by Gasteiger charge is 2.17. The van der Waals surface area contributed by atoms with Gasteiger partial charge in [-0.1, -0.05) is 6.07 Å². The minimum Gasteiger partial charge on any atom is -0.329 e. The molecule has 1 aromatic rings. The van der Waals surface area contributed by atoms with Gasteiger partial charge >= 0.3 is 0 Å². The van der Waals surface area contributed by atoms with Crippen LogP contribution in [0.4, 0.5) is 8.78 Å². The molecule has 1 unspecified atom stereocenters. The summed E-state index contributed by atoms with van der Waals surface area (Å²) in [6.45, 7) is 2.07. The second-order valence-corrected chi connectivity index (χ2v) is 4.71. The maximum atomic E-state index is 13.2. The van der Waals surface area contributed by atoms with Crippen molar-refractivity contribution in [1.82, 2.24) is 9.80 Å². The zero-order valence-corrected chi connectivity index (χ0v) is 11.2. The van der Waals surface area contributed by atoms with Gasteiger partial charge in [-0.25, -0.2) is 8.78 Å². The maximum Gasteiger partial charge on any atom is 0.159 e. The van der Waals surface area contributed by atoms with Crippen molar-refractivity contribution in [3.8, 4) is 0 Å². The lowest BCUT2D eigenvalue weighted by Crippen LogP contribution is -2.35. The Labute approximate surface area is 107 Å². The Morgan fingerprint density at radius 2 is 1.78 bits per heavy atom. The van der Waals surface area contributed by atoms with Crippen LogP contribution in [0, 0.1) is 11.6 Å². The van der Waals surface area contributed by atoms with Crippen molar-refractivity contribution in [3.05, 3.63) is 35.4 Å². The van der Waals surface area contributed by atoms with E-state index in [2.05, 4.69) is 4.90 Å². The minimum atomic E-state index is -0.828. The molecule has 102 valence electrons. The third-order valence-electron chi connectivity index (χ3n) is 2.98. The molecule has 3 nitrogen and oxygen atoms in total. The van der Waals surface area contributed by atoms with E-state index in [9.17, 15) is 8.78 Å². The lowest BCUT2D eigenvalue weighted by atomic mass is 10.1. The third kappa shape index (κ3) is 4.01. The number of likely N-dealkylation sites (N-methyl/N-ethyl adjacent to an activating group) is 2. The summed E-state index contributed by atoms with van der Waals surface area (Å²) in [5, 5.41) is 0. The van der Waals surface area contributed by atoms with Crippen molar-refractivity contribution in [1.29, 1.82) is 0 Å². The van der Waals surface area contributed by atoms with Crippen molar-refractivity contribution in [3.63, 3.8) is 0 Å². The minimum absolute atomic E-state index is 0.0972. The molecule has 0 aliphatic heterocycles. The lowest BCUT2D eigenvalue weighted by molar-refractivity contribution is 0.222. The van der Waals surface area contributed by atoms with Crippen LogP contribution in [0.25, 0.3) is 0 Å². The number of hydrogen-bond acceptors (Lipinski definition) is 3. The Morgan fingerprint density at radius 1 is 1.11 bits per heavy atom. The highest BCUT2D eigenvalue weighted by Crippen LogP contribution is 2.20. The van der Waals surface area contributed by atoms with Crippen LogP contribution in [0.5, 0.6) is 0 Å². The summed E-state index contributed by atoms with van der Waals surface area (Å²) in [4.78, 5) is 4.11. The molecule has 0 saturated carbocycles. The molecule has 5 heteroatoms. The Balaban J connectivity index is 2.78. The van der Waals surface area contributed by atoms with Crippen LogP contribution in [0.3, 0.4) is 0 Å². The normalized spacial score (nSPS) is 13.3. The van der Waals surface area contributed by atoms with E-state index in [1.165, 1.54) is 6.07 Å². The van der Waals surface area contributed by atoms with Crippen molar-refractivity contribution < 1.29 is 8.78 Å². The summed E-state index contributed by atoms with van der Waals surface area (Å²) in [5.41, 5.74) is 6.43. The molecule has 1 atom stereocenters. The molecule has 0 bridgehead atoms. The van der Waals surface area contributed by atoms with Crippen LogP contribution in [-0.2, 0) is 0 Å². The monoisotopic (exact) mass is 257 g/mol. The molecule has 0 spiro atoms. The molecule has 0 aromatic heterocycles. The van der Waals surface area contributed by atoms with Crippen molar-refractivity contribution >= 4 is 0 Å². The lowest BCUT2D eigenvalue weighted by Gasteiger charge is -2.28. The van der Waals surface area contributed by atoms with E-state index in [1.807, 2.05) is 26.0 Å². The largest absolute Gasteiger partial charge is 0.329 e. The Kier molecular flexibility index (Phi) is 5.65. The van der Waals surface area contributed by atoms with E-state index < -0.39 is 11.6 Å². The molecule has 0 aliphatic rings. The summed E-state index contributed by atoms with van der Waals surface area (Å²) < 4.78 is 26.1. The smallest absolute Gasteiger partial charge is 0.159 e. The summed E-state index contributed by atoms with van der Waals surface area (Å²) in [5.74, 6) is -1.66. The van der Waals surface area contributed by atoms with Crippen LogP contribution in [0.15, 0.2) is 18.2 Å². The van der Waals surface area contributed by atoms with Gasteiger partial charge in [0.05, 0.1) is 0 Å². The Bertz CT molecular complexity index is 382. The predicted octanol–water partition coefficient (Wildman–Crippen LogP) is 1.46.